The highest BCUT2D eigenvalue weighted by molar-refractivity contribution is 8.13. The van der Waals surface area contributed by atoms with Gasteiger partial charge in [0.25, 0.3) is 0 Å². The Labute approximate surface area is 232 Å². The van der Waals surface area contributed by atoms with Gasteiger partial charge in [0, 0.05) is 16.9 Å². The molecule has 0 saturated heterocycles. The number of thioether (sulfide) groups is 1. The molecule has 0 N–H and O–H groups in total. The maximum Gasteiger partial charge on any atom is 0.387 e. The van der Waals surface area contributed by atoms with Crippen LogP contribution in [0.3, 0.4) is 0 Å². The van der Waals surface area contributed by atoms with Crippen molar-refractivity contribution in [3.8, 4) is 17.2 Å². The van der Waals surface area contributed by atoms with E-state index in [-0.39, 0.29) is 28.0 Å². The Morgan fingerprint density at radius 1 is 1.11 bits per heavy atom. The van der Waals surface area contributed by atoms with Crippen molar-refractivity contribution in [1.29, 1.82) is 0 Å². The second kappa shape index (κ2) is 12.7. The van der Waals surface area contributed by atoms with Gasteiger partial charge in [-0.2, -0.15) is 13.5 Å². The van der Waals surface area contributed by atoms with Gasteiger partial charge in [-0.1, -0.05) is 29.3 Å². The summed E-state index contributed by atoms with van der Waals surface area (Å²) in [5.41, 5.74) is 0.813. The number of halogens is 4. The number of benzene rings is 2. The van der Waals surface area contributed by atoms with Crippen LogP contribution >= 0.6 is 35.0 Å². The van der Waals surface area contributed by atoms with E-state index in [4.69, 9.17) is 37.4 Å². The van der Waals surface area contributed by atoms with E-state index in [9.17, 15) is 18.8 Å². The molecule has 0 aliphatic heterocycles. The van der Waals surface area contributed by atoms with E-state index < -0.39 is 18.0 Å². The normalized spacial score (nSPS) is 13.7. The zero-order valence-corrected chi connectivity index (χ0v) is 22.4. The third-order valence-corrected chi connectivity index (χ3v) is 7.10. The van der Waals surface area contributed by atoms with Crippen LogP contribution < -0.4 is 18.9 Å². The molecule has 1 saturated carbocycles. The fourth-order valence-corrected chi connectivity index (χ4v) is 4.77. The zero-order chi connectivity index (χ0) is 27.2. The number of methoxy groups -OCH3 is 1. The van der Waals surface area contributed by atoms with Gasteiger partial charge in [0.2, 0.25) is 0 Å². The van der Waals surface area contributed by atoms with Gasteiger partial charge in [-0.05, 0) is 72.5 Å². The number of ether oxygens (including phenoxy) is 4. The fraction of sp³-hybridized carbons (Fsp3) is 0.308. The van der Waals surface area contributed by atoms with Crippen molar-refractivity contribution < 1.29 is 37.3 Å². The van der Waals surface area contributed by atoms with Gasteiger partial charge < -0.3 is 24.2 Å². The highest BCUT2D eigenvalue weighted by Crippen LogP contribution is 2.38. The van der Waals surface area contributed by atoms with Gasteiger partial charge in [-0.25, -0.2) is 4.79 Å². The maximum absolute atomic E-state index is 13.0. The predicted molar refractivity (Wildman–Crippen MR) is 138 cm³/mol. The highest BCUT2D eigenvalue weighted by Gasteiger charge is 2.26. The van der Waals surface area contributed by atoms with Gasteiger partial charge in [-0.3, -0.25) is 0 Å². The quantitative estimate of drug-likeness (QED) is 0.101. The summed E-state index contributed by atoms with van der Waals surface area (Å²) in [6.45, 7) is -2.69. The van der Waals surface area contributed by atoms with Crippen molar-refractivity contribution in [2.24, 2.45) is 5.92 Å². The third kappa shape index (κ3) is 7.78. The number of carbonyl (C=O) groups is 1. The van der Waals surface area contributed by atoms with Crippen LogP contribution in [-0.2, 0) is 11.2 Å². The Kier molecular flexibility index (Phi) is 9.40. The summed E-state index contributed by atoms with van der Waals surface area (Å²) in [6.07, 6.45) is 3.32. The van der Waals surface area contributed by atoms with Crippen LogP contribution in [0, 0.1) is 11.1 Å². The maximum atomic E-state index is 13.0. The monoisotopic (exact) mass is 585 g/mol. The molecule has 7 nitrogen and oxygen atoms in total. The number of nitrogens with zero attached hydrogens (tertiary/aromatic N) is 1. The molecular formula is C26H23Cl2F2NO6S. The van der Waals surface area contributed by atoms with E-state index in [1.54, 1.807) is 24.3 Å². The van der Waals surface area contributed by atoms with Crippen LogP contribution in [0.2, 0.25) is 10.0 Å². The first-order valence-corrected chi connectivity index (χ1v) is 13.1. The Morgan fingerprint density at radius 3 is 2.39 bits per heavy atom. The first-order valence-electron chi connectivity index (χ1n) is 11.5. The molecule has 1 heterocycles. The number of aromatic nitrogens is 1. The van der Waals surface area contributed by atoms with E-state index in [0.29, 0.717) is 39.0 Å². The van der Waals surface area contributed by atoms with E-state index >= 15 is 0 Å². The van der Waals surface area contributed by atoms with E-state index in [2.05, 4.69) is 4.74 Å². The van der Waals surface area contributed by atoms with Gasteiger partial charge in [0.1, 0.15) is 21.9 Å². The molecule has 1 fully saturated rings. The SMILES string of the molecule is COc1ccc(SC(=O)OC(Cc2c(Cl)c[n+]([O-])cc2Cl)c2ccc(OC(F)F)c(OCC3CC3)c2)cc1. The molecule has 3 aromatic rings. The Hall–Kier alpha value is -2.95. The number of rotatable bonds is 11. The van der Waals surface area contributed by atoms with E-state index in [1.807, 2.05) is 0 Å². The van der Waals surface area contributed by atoms with Crippen LogP contribution in [0.4, 0.5) is 13.6 Å². The molecule has 1 aromatic heterocycles. The lowest BCUT2D eigenvalue weighted by atomic mass is 10.0. The lowest BCUT2D eigenvalue weighted by molar-refractivity contribution is -0.605. The molecule has 0 radical (unpaired) electrons. The third-order valence-electron chi connectivity index (χ3n) is 5.67. The summed E-state index contributed by atoms with van der Waals surface area (Å²) in [6, 6.07) is 11.2. The molecule has 38 heavy (non-hydrogen) atoms. The topological polar surface area (TPSA) is 80.9 Å². The average molecular weight is 586 g/mol. The Bertz CT molecular complexity index is 1250. The molecule has 2 aromatic carbocycles. The second-order valence-electron chi connectivity index (χ2n) is 8.47. The summed E-state index contributed by atoms with van der Waals surface area (Å²) >= 11 is 13.4. The smallest absolute Gasteiger partial charge is 0.387 e. The van der Waals surface area contributed by atoms with Gasteiger partial charge in [0.05, 0.1) is 13.7 Å². The van der Waals surface area contributed by atoms with Crippen molar-refractivity contribution in [3.05, 3.63) is 81.2 Å². The van der Waals surface area contributed by atoms with Crippen LogP contribution in [0.15, 0.2) is 59.8 Å². The molecule has 12 heteroatoms. The van der Waals surface area contributed by atoms with Crippen LogP contribution in [-0.4, -0.2) is 25.6 Å². The molecule has 0 amide bonds. The molecular weight excluding hydrogens is 563 g/mol. The molecule has 1 aliphatic rings. The van der Waals surface area contributed by atoms with Gasteiger partial charge in [0.15, 0.2) is 23.9 Å². The van der Waals surface area contributed by atoms with Crippen molar-refractivity contribution in [1.82, 2.24) is 0 Å². The van der Waals surface area contributed by atoms with Gasteiger partial charge >= 0.3 is 11.9 Å². The molecule has 1 atom stereocenters. The standard InChI is InChI=1S/C26H23Cl2F2NO6S/c1-34-17-5-7-18(8-6-17)38-26(32)37-23(11-19-20(27)12-31(33)13-21(19)28)16-4-9-22(36-25(29)30)24(10-16)35-14-15-2-3-15/h4-10,12-13,15,23,25H,2-3,11,14H2,1H3. The van der Waals surface area contributed by atoms with Crippen LogP contribution in [0.25, 0.3) is 0 Å². The average Bonchev–Trinajstić information content (AvgIpc) is 3.69. The molecule has 1 unspecified atom stereocenters. The minimum atomic E-state index is -3.04. The Morgan fingerprint density at radius 2 is 1.79 bits per heavy atom. The van der Waals surface area contributed by atoms with Crippen LogP contribution in [0.1, 0.15) is 30.1 Å². The fourth-order valence-electron chi connectivity index (χ4n) is 3.54. The molecule has 0 bridgehead atoms. The molecule has 202 valence electrons. The lowest BCUT2D eigenvalue weighted by Gasteiger charge is -2.21. The lowest BCUT2D eigenvalue weighted by Crippen LogP contribution is -2.25. The summed E-state index contributed by atoms with van der Waals surface area (Å²) in [5.74, 6) is 0.953. The first kappa shape index (κ1) is 28.1. The minimum Gasteiger partial charge on any atom is -0.619 e. The van der Waals surface area contributed by atoms with Crippen molar-refractivity contribution in [2.45, 2.75) is 36.9 Å². The minimum absolute atomic E-state index is 0.00450. The largest absolute Gasteiger partial charge is 0.619 e. The number of pyridine rings is 1. The number of hydrogen-bond donors (Lipinski definition) is 0. The molecule has 4 rings (SSSR count). The van der Waals surface area contributed by atoms with Crippen molar-refractivity contribution in [2.75, 3.05) is 13.7 Å². The van der Waals surface area contributed by atoms with E-state index in [0.717, 1.165) is 37.0 Å². The second-order valence-corrected chi connectivity index (χ2v) is 10.3. The van der Waals surface area contributed by atoms with Crippen molar-refractivity contribution in [3.63, 3.8) is 0 Å². The highest BCUT2D eigenvalue weighted by atomic mass is 35.5. The number of carbonyl (C=O) groups excluding carboxylic acids is 1. The summed E-state index contributed by atoms with van der Waals surface area (Å²) < 4.78 is 47.8. The summed E-state index contributed by atoms with van der Waals surface area (Å²) in [5, 5.41) is 11.2. The van der Waals surface area contributed by atoms with Crippen molar-refractivity contribution >= 4 is 40.3 Å². The van der Waals surface area contributed by atoms with Crippen LogP contribution in [0.5, 0.6) is 17.2 Å². The molecule has 1 aliphatic carbocycles. The predicted octanol–water partition coefficient (Wildman–Crippen LogP) is 7.24. The van der Waals surface area contributed by atoms with E-state index in [1.165, 1.54) is 25.3 Å². The summed E-state index contributed by atoms with van der Waals surface area (Å²) in [4.78, 5) is 13.5. The zero-order valence-electron chi connectivity index (χ0n) is 20.1. The Balaban J connectivity index is 1.63. The van der Waals surface area contributed by atoms with Gasteiger partial charge in [-0.15, -0.1) is 0 Å². The molecule has 0 spiro atoms. The number of alkyl halides is 2. The summed E-state index contributed by atoms with van der Waals surface area (Å²) in [7, 11) is 1.54. The first-order chi connectivity index (χ1) is 18.2. The number of hydrogen-bond acceptors (Lipinski definition) is 7.